The third-order valence-corrected chi connectivity index (χ3v) is 2.49. The van der Waals surface area contributed by atoms with Crippen molar-refractivity contribution in [3.05, 3.63) is 35.4 Å². The van der Waals surface area contributed by atoms with E-state index in [0.29, 0.717) is 5.56 Å². The van der Waals surface area contributed by atoms with Crippen LogP contribution in [0.4, 0.5) is 8.78 Å². The molecule has 0 aliphatic carbocycles. The third kappa shape index (κ3) is 2.17. The molecule has 86 valence electrons. The number of rotatable bonds is 2. The van der Waals surface area contributed by atoms with Crippen molar-refractivity contribution in [2.75, 3.05) is 0 Å². The first-order valence-corrected chi connectivity index (χ1v) is 4.76. The van der Waals surface area contributed by atoms with Crippen molar-refractivity contribution < 1.29 is 18.7 Å². The summed E-state index contributed by atoms with van der Waals surface area (Å²) >= 11 is 0. The van der Waals surface area contributed by atoms with E-state index in [4.69, 9.17) is 5.11 Å². The average molecular weight is 228 g/mol. The van der Waals surface area contributed by atoms with Crippen molar-refractivity contribution in [1.29, 1.82) is 0 Å². The van der Waals surface area contributed by atoms with Crippen molar-refractivity contribution in [1.82, 2.24) is 10.9 Å². The van der Waals surface area contributed by atoms with Crippen molar-refractivity contribution in [3.63, 3.8) is 0 Å². The highest BCUT2D eigenvalue weighted by molar-refractivity contribution is 5.73. The normalized spacial score (nSPS) is 24.6. The summed E-state index contributed by atoms with van der Waals surface area (Å²) in [6, 6.07) is 2.02. The number of nitrogens with one attached hydrogen (secondary N) is 2. The number of carbonyl (C=O) groups is 1. The van der Waals surface area contributed by atoms with Gasteiger partial charge in [0.2, 0.25) is 0 Å². The zero-order valence-corrected chi connectivity index (χ0v) is 8.21. The van der Waals surface area contributed by atoms with Crippen LogP contribution in [-0.2, 0) is 4.79 Å². The van der Waals surface area contributed by atoms with Crippen molar-refractivity contribution in [2.24, 2.45) is 0 Å². The van der Waals surface area contributed by atoms with Gasteiger partial charge in [0.25, 0.3) is 0 Å². The summed E-state index contributed by atoms with van der Waals surface area (Å²) in [5.41, 5.74) is 5.64. The molecular formula is C10H10F2N2O2. The van der Waals surface area contributed by atoms with Crippen LogP contribution in [0.2, 0.25) is 0 Å². The molecule has 1 aromatic rings. The minimum absolute atomic E-state index is 0.248. The third-order valence-electron chi connectivity index (χ3n) is 2.49. The van der Waals surface area contributed by atoms with Gasteiger partial charge in [0.15, 0.2) is 0 Å². The number of hydrogen-bond donors (Lipinski definition) is 3. The summed E-state index contributed by atoms with van der Waals surface area (Å²) < 4.78 is 25.9. The first-order chi connectivity index (χ1) is 7.56. The van der Waals surface area contributed by atoms with E-state index in [0.717, 1.165) is 6.07 Å². The van der Waals surface area contributed by atoms with Crippen LogP contribution in [0.3, 0.4) is 0 Å². The van der Waals surface area contributed by atoms with Crippen molar-refractivity contribution in [2.45, 2.75) is 18.5 Å². The molecule has 0 aromatic heterocycles. The summed E-state index contributed by atoms with van der Waals surface area (Å²) in [6.45, 7) is 0. The van der Waals surface area contributed by atoms with Crippen LogP contribution in [0.1, 0.15) is 18.0 Å². The Bertz CT molecular complexity index is 405. The van der Waals surface area contributed by atoms with E-state index >= 15 is 0 Å². The van der Waals surface area contributed by atoms with Gasteiger partial charge >= 0.3 is 5.97 Å². The Hall–Kier alpha value is -1.53. The van der Waals surface area contributed by atoms with Gasteiger partial charge < -0.3 is 5.11 Å². The molecule has 2 rings (SSSR count). The molecule has 0 radical (unpaired) electrons. The van der Waals surface area contributed by atoms with Gasteiger partial charge in [-0.1, -0.05) is 0 Å². The fourth-order valence-corrected chi connectivity index (χ4v) is 1.71. The predicted octanol–water partition coefficient (Wildman–Crippen LogP) is 0.957. The maximum atomic E-state index is 12.9. The first kappa shape index (κ1) is 11.0. The molecule has 16 heavy (non-hydrogen) atoms. The Morgan fingerprint density at radius 1 is 1.25 bits per heavy atom. The van der Waals surface area contributed by atoms with E-state index in [-0.39, 0.29) is 6.42 Å². The molecule has 4 nitrogen and oxygen atoms in total. The lowest BCUT2D eigenvalue weighted by Crippen LogP contribution is -2.36. The minimum atomic E-state index is -0.994. The van der Waals surface area contributed by atoms with Gasteiger partial charge in [0.1, 0.15) is 17.7 Å². The van der Waals surface area contributed by atoms with Gasteiger partial charge in [0.05, 0.1) is 0 Å². The van der Waals surface area contributed by atoms with E-state index in [1.165, 1.54) is 12.1 Å². The largest absolute Gasteiger partial charge is 0.480 e. The average Bonchev–Trinajstić information content (AvgIpc) is 2.64. The molecular weight excluding hydrogens is 218 g/mol. The molecule has 1 fully saturated rings. The summed E-state index contributed by atoms with van der Waals surface area (Å²) in [5, 5.41) is 8.74. The Kier molecular flexibility index (Phi) is 2.84. The number of halogens is 2. The van der Waals surface area contributed by atoms with Gasteiger partial charge in [-0.15, -0.1) is 0 Å². The predicted molar refractivity (Wildman–Crippen MR) is 51.4 cm³/mol. The Morgan fingerprint density at radius 2 is 1.88 bits per heavy atom. The molecule has 0 saturated carbocycles. The van der Waals surface area contributed by atoms with Crippen LogP contribution >= 0.6 is 0 Å². The van der Waals surface area contributed by atoms with Crippen molar-refractivity contribution in [3.8, 4) is 0 Å². The topological polar surface area (TPSA) is 61.4 Å². The standard InChI is InChI=1S/C10H10F2N2O2/c11-6-1-5(2-7(12)3-6)8-4-9(10(15)16)14-13-8/h1-3,8-9,13-14H,4H2,(H,15,16). The number of carboxylic acid groups (broad SMARTS) is 1. The second kappa shape index (κ2) is 4.15. The van der Waals surface area contributed by atoms with E-state index in [9.17, 15) is 13.6 Å². The van der Waals surface area contributed by atoms with Crippen LogP contribution in [0.15, 0.2) is 18.2 Å². The number of hydrazine groups is 1. The second-order valence-electron chi connectivity index (χ2n) is 3.67. The molecule has 2 atom stereocenters. The second-order valence-corrected chi connectivity index (χ2v) is 3.67. The van der Waals surface area contributed by atoms with E-state index in [2.05, 4.69) is 10.9 Å². The molecule has 1 aliphatic heterocycles. The SMILES string of the molecule is O=C(O)C1CC(c2cc(F)cc(F)c2)NN1. The van der Waals surface area contributed by atoms with Crippen LogP contribution in [0.25, 0.3) is 0 Å². The molecule has 6 heteroatoms. The highest BCUT2D eigenvalue weighted by Gasteiger charge is 2.30. The lowest BCUT2D eigenvalue weighted by atomic mass is 10.0. The van der Waals surface area contributed by atoms with E-state index in [1.54, 1.807) is 0 Å². The highest BCUT2D eigenvalue weighted by atomic mass is 19.1. The molecule has 1 aromatic carbocycles. The van der Waals surface area contributed by atoms with Crippen molar-refractivity contribution >= 4 is 5.97 Å². The zero-order valence-electron chi connectivity index (χ0n) is 8.21. The quantitative estimate of drug-likeness (QED) is 0.705. The Labute approximate surface area is 90.2 Å². The molecule has 2 unspecified atom stereocenters. The maximum Gasteiger partial charge on any atom is 0.322 e. The summed E-state index contributed by atoms with van der Waals surface area (Å²) in [4.78, 5) is 10.7. The van der Waals surface area contributed by atoms with Gasteiger partial charge in [-0.3, -0.25) is 4.79 Å². The van der Waals surface area contributed by atoms with Crippen LogP contribution in [0.5, 0.6) is 0 Å². The Balaban J connectivity index is 2.17. The van der Waals surface area contributed by atoms with E-state index < -0.39 is 29.7 Å². The smallest absolute Gasteiger partial charge is 0.322 e. The highest BCUT2D eigenvalue weighted by Crippen LogP contribution is 2.23. The van der Waals surface area contributed by atoms with Gasteiger partial charge in [0, 0.05) is 12.1 Å². The van der Waals surface area contributed by atoms with Gasteiger partial charge in [-0.25, -0.2) is 19.6 Å². The minimum Gasteiger partial charge on any atom is -0.480 e. The fraction of sp³-hybridized carbons (Fsp3) is 0.300. The number of aliphatic carboxylic acids is 1. The summed E-state index contributed by atoms with van der Waals surface area (Å²) in [6.07, 6.45) is 0.248. The molecule has 3 N–H and O–H groups in total. The molecule has 1 aliphatic rings. The number of benzene rings is 1. The van der Waals surface area contributed by atoms with Crippen LogP contribution < -0.4 is 10.9 Å². The van der Waals surface area contributed by atoms with Gasteiger partial charge in [-0.05, 0) is 24.1 Å². The molecule has 1 heterocycles. The fourth-order valence-electron chi connectivity index (χ4n) is 1.71. The molecule has 1 saturated heterocycles. The van der Waals surface area contributed by atoms with Crippen LogP contribution in [-0.4, -0.2) is 17.1 Å². The lowest BCUT2D eigenvalue weighted by molar-refractivity contribution is -0.139. The molecule has 0 amide bonds. The van der Waals surface area contributed by atoms with Gasteiger partial charge in [-0.2, -0.15) is 0 Å². The monoisotopic (exact) mass is 228 g/mol. The van der Waals surface area contributed by atoms with E-state index in [1.807, 2.05) is 0 Å². The molecule has 0 spiro atoms. The number of carboxylic acids is 1. The molecule has 0 bridgehead atoms. The number of hydrogen-bond acceptors (Lipinski definition) is 3. The zero-order chi connectivity index (χ0) is 11.7. The summed E-state index contributed by atoms with van der Waals surface area (Å²) in [5.74, 6) is -2.34. The maximum absolute atomic E-state index is 12.9. The lowest BCUT2D eigenvalue weighted by Gasteiger charge is -2.09. The summed E-state index contributed by atoms with van der Waals surface area (Å²) in [7, 11) is 0. The Morgan fingerprint density at radius 3 is 2.38 bits per heavy atom. The van der Waals surface area contributed by atoms with Crippen LogP contribution in [0, 0.1) is 11.6 Å². The first-order valence-electron chi connectivity index (χ1n) is 4.76.